The summed E-state index contributed by atoms with van der Waals surface area (Å²) < 4.78 is 8.08. The molecule has 6 nitrogen and oxygen atoms in total. The molecule has 29 heavy (non-hydrogen) atoms. The van der Waals surface area contributed by atoms with E-state index in [-0.39, 0.29) is 0 Å². The van der Waals surface area contributed by atoms with Crippen LogP contribution < -0.4 is 10.6 Å². The molecule has 2 aromatic rings. The van der Waals surface area contributed by atoms with E-state index in [4.69, 9.17) is 4.74 Å². The molecule has 1 spiro atoms. The first-order valence-corrected chi connectivity index (χ1v) is 10.9. The van der Waals surface area contributed by atoms with E-state index in [9.17, 15) is 0 Å². The maximum absolute atomic E-state index is 6.12. The summed E-state index contributed by atoms with van der Waals surface area (Å²) in [6.07, 6.45) is 10.7. The largest absolute Gasteiger partial charge is 0.377 e. The van der Waals surface area contributed by atoms with Crippen LogP contribution in [0.5, 0.6) is 0 Å². The first-order valence-electron chi connectivity index (χ1n) is 10.9. The molecule has 2 saturated carbocycles. The average Bonchev–Trinajstić information content (AvgIpc) is 3.50. The Morgan fingerprint density at radius 3 is 2.83 bits per heavy atom. The van der Waals surface area contributed by atoms with Crippen LogP contribution in [-0.2, 0) is 17.8 Å². The number of aliphatic imine (C=N–C) groups is 1. The van der Waals surface area contributed by atoms with Crippen LogP contribution in [0.2, 0.25) is 0 Å². The lowest BCUT2D eigenvalue weighted by Gasteiger charge is -2.57. The summed E-state index contributed by atoms with van der Waals surface area (Å²) in [7, 11) is 1.87. The number of nitrogens with one attached hydrogen (secondary N) is 2. The SMILES string of the molecule is CN=C(NCc1ccccc1Cn1cccn1)NC1C2CCOC2C12CCCC2. The molecule has 154 valence electrons. The third-order valence-corrected chi connectivity index (χ3v) is 7.26. The monoisotopic (exact) mass is 393 g/mol. The number of rotatable bonds is 5. The van der Waals surface area contributed by atoms with E-state index in [1.807, 2.05) is 30.2 Å². The number of ether oxygens (including phenoxy) is 1. The fourth-order valence-electron chi connectivity index (χ4n) is 5.88. The van der Waals surface area contributed by atoms with Crippen molar-refractivity contribution in [2.24, 2.45) is 16.3 Å². The standard InChI is InChI=1S/C23H31N5O/c1-24-22(27-20-19-9-14-29-21(19)23(20)10-4-5-11-23)25-15-17-7-2-3-8-18(17)16-28-13-6-12-26-28/h2-3,6-8,12-13,19-21H,4-5,9-11,14-16H2,1H3,(H2,24,25,27). The van der Waals surface area contributed by atoms with Crippen LogP contribution in [0.3, 0.4) is 0 Å². The second kappa shape index (κ2) is 7.82. The highest BCUT2D eigenvalue weighted by Crippen LogP contribution is 2.60. The Balaban J connectivity index is 1.25. The van der Waals surface area contributed by atoms with Gasteiger partial charge in [-0.15, -0.1) is 0 Å². The van der Waals surface area contributed by atoms with Crippen molar-refractivity contribution in [2.45, 2.75) is 57.3 Å². The average molecular weight is 394 g/mol. The molecule has 0 radical (unpaired) electrons. The first-order chi connectivity index (χ1) is 14.3. The summed E-state index contributed by atoms with van der Waals surface area (Å²) in [5.74, 6) is 1.54. The zero-order valence-electron chi connectivity index (χ0n) is 17.2. The van der Waals surface area contributed by atoms with E-state index >= 15 is 0 Å². The molecular formula is C23H31N5O. The number of benzene rings is 1. The Morgan fingerprint density at radius 2 is 2.07 bits per heavy atom. The van der Waals surface area contributed by atoms with Crippen LogP contribution in [0.25, 0.3) is 0 Å². The summed E-state index contributed by atoms with van der Waals surface area (Å²) in [6, 6.07) is 11.0. The number of guanidine groups is 1. The lowest BCUT2D eigenvalue weighted by Crippen LogP contribution is -2.69. The molecule has 3 aliphatic rings. The predicted molar refractivity (Wildman–Crippen MR) is 114 cm³/mol. The van der Waals surface area contributed by atoms with Crippen LogP contribution in [0.1, 0.15) is 43.2 Å². The molecule has 3 fully saturated rings. The van der Waals surface area contributed by atoms with Gasteiger partial charge < -0.3 is 15.4 Å². The van der Waals surface area contributed by atoms with Crippen LogP contribution in [0.15, 0.2) is 47.7 Å². The molecule has 0 bridgehead atoms. The highest BCUT2D eigenvalue weighted by molar-refractivity contribution is 5.80. The molecule has 0 amide bonds. The van der Waals surface area contributed by atoms with E-state index in [0.29, 0.717) is 23.5 Å². The van der Waals surface area contributed by atoms with Crippen LogP contribution >= 0.6 is 0 Å². The lowest BCUT2D eigenvalue weighted by atomic mass is 9.54. The van der Waals surface area contributed by atoms with Gasteiger partial charge in [0, 0.05) is 50.0 Å². The van der Waals surface area contributed by atoms with Gasteiger partial charge in [-0.1, -0.05) is 37.1 Å². The smallest absolute Gasteiger partial charge is 0.191 e. The summed E-state index contributed by atoms with van der Waals surface area (Å²) in [4.78, 5) is 4.54. The summed E-state index contributed by atoms with van der Waals surface area (Å²) >= 11 is 0. The molecule has 2 N–H and O–H groups in total. The number of aromatic nitrogens is 2. The Hall–Kier alpha value is -2.34. The molecule has 1 aromatic heterocycles. The van der Waals surface area contributed by atoms with Gasteiger partial charge >= 0.3 is 0 Å². The molecule has 6 heteroatoms. The summed E-state index contributed by atoms with van der Waals surface area (Å²) in [5.41, 5.74) is 2.88. The fourth-order valence-corrected chi connectivity index (χ4v) is 5.88. The molecule has 2 heterocycles. The number of fused-ring (bicyclic) bond motifs is 2. The zero-order chi connectivity index (χ0) is 19.7. The Bertz CT molecular complexity index is 856. The third kappa shape index (κ3) is 3.33. The first kappa shape index (κ1) is 18.7. The fraction of sp³-hybridized carbons (Fsp3) is 0.565. The molecular weight excluding hydrogens is 362 g/mol. The summed E-state index contributed by atoms with van der Waals surface area (Å²) in [6.45, 7) is 2.45. The lowest BCUT2D eigenvalue weighted by molar-refractivity contribution is -0.125. The maximum atomic E-state index is 6.12. The van der Waals surface area contributed by atoms with E-state index in [0.717, 1.165) is 25.7 Å². The minimum absolute atomic E-state index is 0.330. The van der Waals surface area contributed by atoms with Crippen molar-refractivity contribution in [3.05, 3.63) is 53.9 Å². The second-order valence-corrected chi connectivity index (χ2v) is 8.70. The van der Waals surface area contributed by atoms with Gasteiger partial charge in [0.05, 0.1) is 12.6 Å². The molecule has 3 atom stereocenters. The van der Waals surface area contributed by atoms with Crippen LogP contribution in [0, 0.1) is 11.3 Å². The van der Waals surface area contributed by atoms with E-state index in [1.54, 1.807) is 0 Å². The van der Waals surface area contributed by atoms with Gasteiger partial charge in [-0.2, -0.15) is 5.10 Å². The maximum Gasteiger partial charge on any atom is 0.191 e. The van der Waals surface area contributed by atoms with Crippen molar-refractivity contribution in [3.8, 4) is 0 Å². The van der Waals surface area contributed by atoms with Gasteiger partial charge in [-0.3, -0.25) is 9.67 Å². The second-order valence-electron chi connectivity index (χ2n) is 8.70. The van der Waals surface area contributed by atoms with Crippen molar-refractivity contribution in [3.63, 3.8) is 0 Å². The molecule has 2 aliphatic carbocycles. The molecule has 1 saturated heterocycles. The van der Waals surface area contributed by atoms with Crippen molar-refractivity contribution in [1.82, 2.24) is 20.4 Å². The van der Waals surface area contributed by atoms with Crippen molar-refractivity contribution < 1.29 is 4.74 Å². The minimum Gasteiger partial charge on any atom is -0.377 e. The van der Waals surface area contributed by atoms with Crippen LogP contribution in [0.4, 0.5) is 0 Å². The highest BCUT2D eigenvalue weighted by Gasteiger charge is 2.65. The Kier molecular flexibility index (Phi) is 5.04. The van der Waals surface area contributed by atoms with Crippen molar-refractivity contribution >= 4 is 5.96 Å². The topological polar surface area (TPSA) is 63.5 Å². The predicted octanol–water partition coefficient (Wildman–Crippen LogP) is 2.94. The normalized spacial score (nSPS) is 27.6. The van der Waals surface area contributed by atoms with Gasteiger partial charge in [0.2, 0.25) is 0 Å². The quantitative estimate of drug-likeness (QED) is 0.606. The highest BCUT2D eigenvalue weighted by atomic mass is 16.5. The number of hydrogen-bond donors (Lipinski definition) is 2. The van der Waals surface area contributed by atoms with E-state index in [2.05, 4.69) is 45.0 Å². The Labute approximate surface area is 172 Å². The minimum atomic E-state index is 0.330. The molecule has 1 aromatic carbocycles. The number of nitrogens with zero attached hydrogens (tertiary/aromatic N) is 3. The van der Waals surface area contributed by atoms with Gasteiger partial charge in [0.15, 0.2) is 5.96 Å². The van der Waals surface area contributed by atoms with Gasteiger partial charge in [-0.25, -0.2) is 0 Å². The number of hydrogen-bond acceptors (Lipinski definition) is 3. The van der Waals surface area contributed by atoms with E-state index in [1.165, 1.54) is 43.2 Å². The van der Waals surface area contributed by atoms with Gasteiger partial charge in [0.25, 0.3) is 0 Å². The van der Waals surface area contributed by atoms with Gasteiger partial charge in [-0.05, 0) is 36.5 Å². The Morgan fingerprint density at radius 1 is 1.24 bits per heavy atom. The van der Waals surface area contributed by atoms with Crippen molar-refractivity contribution in [1.29, 1.82) is 0 Å². The molecule has 5 rings (SSSR count). The third-order valence-electron chi connectivity index (χ3n) is 7.26. The van der Waals surface area contributed by atoms with Gasteiger partial charge in [0.1, 0.15) is 0 Å². The zero-order valence-corrected chi connectivity index (χ0v) is 17.2. The van der Waals surface area contributed by atoms with Crippen molar-refractivity contribution in [2.75, 3.05) is 13.7 Å². The van der Waals surface area contributed by atoms with Crippen LogP contribution in [-0.4, -0.2) is 41.5 Å². The summed E-state index contributed by atoms with van der Waals surface area (Å²) in [5, 5.41) is 11.7. The van der Waals surface area contributed by atoms with E-state index < -0.39 is 0 Å². The molecule has 1 aliphatic heterocycles. The molecule has 3 unspecified atom stereocenters.